The van der Waals surface area contributed by atoms with Crippen LogP contribution in [0.1, 0.15) is 22.0 Å². The molecule has 0 spiro atoms. The molecule has 0 unspecified atom stereocenters. The fraction of sp³-hybridized carbons (Fsp3) is 0.105. The molecule has 0 saturated carbocycles. The summed E-state index contributed by atoms with van der Waals surface area (Å²) in [6, 6.07) is 15.4. The first kappa shape index (κ1) is 16.6. The van der Waals surface area contributed by atoms with Crippen molar-refractivity contribution in [1.29, 1.82) is 0 Å². The molecule has 27 heavy (non-hydrogen) atoms. The van der Waals surface area contributed by atoms with Gasteiger partial charge in [-0.2, -0.15) is 5.10 Å². The van der Waals surface area contributed by atoms with Crippen LogP contribution in [0.15, 0.2) is 60.9 Å². The van der Waals surface area contributed by atoms with E-state index in [4.69, 9.17) is 0 Å². The Kier molecular flexibility index (Phi) is 4.44. The summed E-state index contributed by atoms with van der Waals surface area (Å²) in [7, 11) is 1.86. The summed E-state index contributed by atoms with van der Waals surface area (Å²) < 4.78 is 1.76. The lowest BCUT2D eigenvalue weighted by Crippen LogP contribution is -2.15. The second kappa shape index (κ2) is 7.20. The molecule has 0 fully saturated rings. The molecule has 0 bridgehead atoms. The Hall–Kier alpha value is -3.81. The Labute approximate surface area is 155 Å². The van der Waals surface area contributed by atoms with Crippen molar-refractivity contribution in [3.63, 3.8) is 0 Å². The smallest absolute Gasteiger partial charge is 0.296 e. The van der Waals surface area contributed by atoms with Crippen LogP contribution in [0, 0.1) is 0 Å². The Morgan fingerprint density at radius 1 is 1.15 bits per heavy atom. The van der Waals surface area contributed by atoms with Crippen molar-refractivity contribution in [3.05, 3.63) is 78.1 Å². The van der Waals surface area contributed by atoms with E-state index in [1.807, 2.05) is 49.5 Å². The third-order valence-electron chi connectivity index (χ3n) is 4.07. The van der Waals surface area contributed by atoms with E-state index in [-0.39, 0.29) is 5.82 Å². The molecule has 4 rings (SSSR count). The second-order valence-corrected chi connectivity index (χ2v) is 5.99. The highest BCUT2D eigenvalue weighted by Crippen LogP contribution is 2.20. The summed E-state index contributed by atoms with van der Waals surface area (Å²) in [5, 5.41) is 13.7. The van der Waals surface area contributed by atoms with Gasteiger partial charge in [0, 0.05) is 31.4 Å². The number of aromatic nitrogens is 6. The Bertz CT molecular complexity index is 1070. The number of benzene rings is 1. The lowest BCUT2D eigenvalue weighted by atomic mass is 10.1. The van der Waals surface area contributed by atoms with Gasteiger partial charge in [0.1, 0.15) is 11.6 Å². The first-order valence-electron chi connectivity index (χ1n) is 8.40. The van der Waals surface area contributed by atoms with Gasteiger partial charge in [0.2, 0.25) is 5.82 Å². The largest absolute Gasteiger partial charge is 0.304 e. The zero-order valence-electron chi connectivity index (χ0n) is 14.6. The Morgan fingerprint density at radius 2 is 2.00 bits per heavy atom. The topological polar surface area (TPSA) is 101 Å². The van der Waals surface area contributed by atoms with E-state index in [2.05, 4.69) is 30.6 Å². The molecule has 0 aliphatic rings. The molecule has 0 saturated heterocycles. The van der Waals surface area contributed by atoms with Crippen LogP contribution in [0.4, 0.5) is 5.82 Å². The maximum Gasteiger partial charge on any atom is 0.296 e. The van der Waals surface area contributed by atoms with Crippen LogP contribution in [0.5, 0.6) is 0 Å². The number of rotatable bonds is 5. The zero-order chi connectivity index (χ0) is 18.6. The molecular formula is C19H17N7O. The maximum atomic E-state index is 12.4. The number of carbonyl (C=O) groups excluding carboxylic acids is 1. The monoisotopic (exact) mass is 359 g/mol. The molecule has 0 aliphatic carbocycles. The van der Waals surface area contributed by atoms with Crippen LogP contribution < -0.4 is 5.32 Å². The number of hydrogen-bond acceptors (Lipinski definition) is 5. The lowest BCUT2D eigenvalue weighted by Gasteiger charge is -2.05. The van der Waals surface area contributed by atoms with Gasteiger partial charge in [0.15, 0.2) is 0 Å². The summed E-state index contributed by atoms with van der Waals surface area (Å²) in [5.74, 6) is 0.713. The number of carbonyl (C=O) groups is 1. The minimum Gasteiger partial charge on any atom is -0.304 e. The normalized spacial score (nSPS) is 10.7. The maximum absolute atomic E-state index is 12.4. The van der Waals surface area contributed by atoms with Crippen LogP contribution >= 0.6 is 0 Å². The zero-order valence-corrected chi connectivity index (χ0v) is 14.6. The quantitative estimate of drug-likeness (QED) is 0.570. The number of nitrogens with zero attached hydrogens (tertiary/aromatic N) is 5. The van der Waals surface area contributed by atoms with Crippen molar-refractivity contribution in [2.45, 2.75) is 6.42 Å². The molecule has 2 N–H and O–H groups in total. The minimum atomic E-state index is -0.416. The van der Waals surface area contributed by atoms with E-state index in [0.29, 0.717) is 18.1 Å². The molecule has 134 valence electrons. The molecule has 3 heterocycles. The SMILES string of the molecule is Cn1nccc1-c1ccnc(NC(=O)c2n[nH]c(Cc3ccccc3)n2)c1. The molecule has 0 radical (unpaired) electrons. The predicted molar refractivity (Wildman–Crippen MR) is 100 cm³/mol. The second-order valence-electron chi connectivity index (χ2n) is 5.99. The number of pyridine rings is 1. The number of nitrogens with one attached hydrogen (secondary N) is 2. The molecular weight excluding hydrogens is 342 g/mol. The lowest BCUT2D eigenvalue weighted by molar-refractivity contribution is 0.101. The summed E-state index contributed by atoms with van der Waals surface area (Å²) >= 11 is 0. The molecule has 0 atom stereocenters. The van der Waals surface area contributed by atoms with Gasteiger partial charge in [-0.05, 0) is 23.8 Å². The van der Waals surface area contributed by atoms with Gasteiger partial charge in [0.25, 0.3) is 5.91 Å². The Morgan fingerprint density at radius 3 is 2.78 bits per heavy atom. The average Bonchev–Trinajstić information content (AvgIpc) is 3.32. The van der Waals surface area contributed by atoms with Gasteiger partial charge < -0.3 is 5.32 Å². The number of aryl methyl sites for hydroxylation is 1. The van der Waals surface area contributed by atoms with Crippen molar-refractivity contribution in [1.82, 2.24) is 29.9 Å². The Balaban J connectivity index is 1.48. The summed E-state index contributed by atoms with van der Waals surface area (Å²) in [6.07, 6.45) is 3.93. The van der Waals surface area contributed by atoms with Crippen LogP contribution in [-0.4, -0.2) is 35.9 Å². The van der Waals surface area contributed by atoms with Crippen LogP contribution in [0.3, 0.4) is 0 Å². The van der Waals surface area contributed by atoms with Gasteiger partial charge >= 0.3 is 0 Å². The van der Waals surface area contributed by atoms with Gasteiger partial charge in [-0.15, -0.1) is 5.10 Å². The van der Waals surface area contributed by atoms with E-state index >= 15 is 0 Å². The van der Waals surface area contributed by atoms with Crippen molar-refractivity contribution < 1.29 is 4.79 Å². The van der Waals surface area contributed by atoms with Crippen LogP contribution in [0.25, 0.3) is 11.3 Å². The van der Waals surface area contributed by atoms with E-state index in [0.717, 1.165) is 16.8 Å². The highest BCUT2D eigenvalue weighted by Gasteiger charge is 2.14. The molecule has 1 aromatic carbocycles. The fourth-order valence-electron chi connectivity index (χ4n) is 2.75. The van der Waals surface area contributed by atoms with Crippen molar-refractivity contribution in [2.75, 3.05) is 5.32 Å². The number of H-pyrrole nitrogens is 1. The highest BCUT2D eigenvalue weighted by molar-refractivity contribution is 6.01. The molecule has 8 nitrogen and oxygen atoms in total. The third-order valence-corrected chi connectivity index (χ3v) is 4.07. The first-order valence-corrected chi connectivity index (χ1v) is 8.40. The molecule has 4 aromatic rings. The standard InChI is InChI=1S/C19H17N7O/c1-26-15(8-10-21-26)14-7-9-20-16(12-14)23-19(27)18-22-17(24-25-18)11-13-5-3-2-4-6-13/h2-10,12H,11H2,1H3,(H,20,23,27)(H,22,24,25). The highest BCUT2D eigenvalue weighted by atomic mass is 16.2. The van der Waals surface area contributed by atoms with Gasteiger partial charge in [-0.25, -0.2) is 9.97 Å². The van der Waals surface area contributed by atoms with Crippen molar-refractivity contribution in [3.8, 4) is 11.3 Å². The number of amides is 1. The summed E-state index contributed by atoms with van der Waals surface area (Å²) in [5.41, 5.74) is 2.92. The van der Waals surface area contributed by atoms with Gasteiger partial charge in [0.05, 0.1) is 5.69 Å². The molecule has 8 heteroatoms. The number of aromatic amines is 1. The minimum absolute atomic E-state index is 0.0775. The molecule has 3 aromatic heterocycles. The molecule has 0 aliphatic heterocycles. The average molecular weight is 359 g/mol. The van der Waals surface area contributed by atoms with Crippen LogP contribution in [0.2, 0.25) is 0 Å². The van der Waals surface area contributed by atoms with Crippen molar-refractivity contribution >= 4 is 11.7 Å². The van der Waals surface area contributed by atoms with Crippen molar-refractivity contribution in [2.24, 2.45) is 7.05 Å². The van der Waals surface area contributed by atoms with Crippen LogP contribution in [-0.2, 0) is 13.5 Å². The van der Waals surface area contributed by atoms with Gasteiger partial charge in [-0.3, -0.25) is 14.6 Å². The molecule has 1 amide bonds. The fourth-order valence-corrected chi connectivity index (χ4v) is 2.75. The number of hydrogen-bond donors (Lipinski definition) is 2. The predicted octanol–water partition coefficient (Wildman–Crippen LogP) is 2.44. The third kappa shape index (κ3) is 3.74. The van der Waals surface area contributed by atoms with E-state index in [1.165, 1.54) is 0 Å². The van der Waals surface area contributed by atoms with E-state index in [1.54, 1.807) is 23.1 Å². The summed E-state index contributed by atoms with van der Waals surface area (Å²) in [4.78, 5) is 20.9. The number of anilines is 1. The van der Waals surface area contributed by atoms with Gasteiger partial charge in [-0.1, -0.05) is 30.3 Å². The summed E-state index contributed by atoms with van der Waals surface area (Å²) in [6.45, 7) is 0. The first-order chi connectivity index (χ1) is 13.2. The van der Waals surface area contributed by atoms with E-state index < -0.39 is 5.91 Å². The van der Waals surface area contributed by atoms with E-state index in [9.17, 15) is 4.79 Å².